The number of thiophene rings is 1. The second-order valence-corrected chi connectivity index (χ2v) is 6.37. The molecule has 0 saturated carbocycles. The molecule has 3 nitrogen and oxygen atoms in total. The van der Waals surface area contributed by atoms with Crippen LogP contribution in [0.1, 0.15) is 16.7 Å². The molecule has 0 bridgehead atoms. The van der Waals surface area contributed by atoms with E-state index in [0.29, 0.717) is 5.11 Å². The molecule has 0 aliphatic rings. The first kappa shape index (κ1) is 15.8. The predicted octanol–water partition coefficient (Wildman–Crippen LogP) is 3.29. The molecule has 0 atom stereocenters. The summed E-state index contributed by atoms with van der Waals surface area (Å²) >= 11 is 7.01. The Morgan fingerprint density at radius 1 is 1.14 bits per heavy atom. The lowest BCUT2D eigenvalue weighted by Gasteiger charge is -2.17. The maximum atomic E-state index is 5.31. The van der Waals surface area contributed by atoms with Crippen LogP contribution in [0, 0.1) is 6.92 Å². The molecule has 2 N–H and O–H groups in total. The number of nitrogens with one attached hydrogen (secondary N) is 2. The molecule has 1 aromatic heterocycles. The molecule has 0 fully saturated rings. The highest BCUT2D eigenvalue weighted by atomic mass is 32.1. The number of thiocarbonyl (C=S) groups is 1. The van der Waals surface area contributed by atoms with E-state index in [9.17, 15) is 0 Å². The van der Waals surface area contributed by atoms with Gasteiger partial charge >= 0.3 is 0 Å². The summed E-state index contributed by atoms with van der Waals surface area (Å²) in [7, 11) is 4.12. The van der Waals surface area contributed by atoms with Crippen LogP contribution >= 0.6 is 23.6 Å². The standard InChI is InChI=1S/C16H21N3S2/c1-12-4-5-13(8-15(12)19(2)3)9-17-16(20)18-10-14-6-7-21-11-14/h4-8,11H,9-10H2,1-3H3,(H2,17,18,20). The fourth-order valence-electron chi connectivity index (χ4n) is 2.07. The highest BCUT2D eigenvalue weighted by molar-refractivity contribution is 7.80. The molecular weight excluding hydrogens is 298 g/mol. The van der Waals surface area contributed by atoms with Gasteiger partial charge in [0.2, 0.25) is 0 Å². The lowest BCUT2D eigenvalue weighted by molar-refractivity contribution is 0.834. The van der Waals surface area contributed by atoms with E-state index in [1.54, 1.807) is 11.3 Å². The van der Waals surface area contributed by atoms with Crippen molar-refractivity contribution in [1.82, 2.24) is 10.6 Å². The van der Waals surface area contributed by atoms with Crippen molar-refractivity contribution in [2.45, 2.75) is 20.0 Å². The van der Waals surface area contributed by atoms with Gasteiger partial charge in [-0.1, -0.05) is 12.1 Å². The summed E-state index contributed by atoms with van der Waals surface area (Å²) in [6.07, 6.45) is 0. The molecule has 0 spiro atoms. The fourth-order valence-corrected chi connectivity index (χ4v) is 2.88. The smallest absolute Gasteiger partial charge is 0.166 e. The van der Waals surface area contributed by atoms with Crippen LogP contribution in [0.3, 0.4) is 0 Å². The van der Waals surface area contributed by atoms with Crippen molar-refractivity contribution in [2.75, 3.05) is 19.0 Å². The molecule has 112 valence electrons. The van der Waals surface area contributed by atoms with Crippen LogP contribution in [0.4, 0.5) is 5.69 Å². The average molecular weight is 319 g/mol. The van der Waals surface area contributed by atoms with Gasteiger partial charge in [0.05, 0.1) is 0 Å². The van der Waals surface area contributed by atoms with Gasteiger partial charge in [0.25, 0.3) is 0 Å². The lowest BCUT2D eigenvalue weighted by atomic mass is 10.1. The van der Waals surface area contributed by atoms with E-state index in [-0.39, 0.29) is 0 Å². The van der Waals surface area contributed by atoms with E-state index in [4.69, 9.17) is 12.2 Å². The third-order valence-corrected chi connectivity index (χ3v) is 4.26. The Morgan fingerprint density at radius 2 is 1.86 bits per heavy atom. The zero-order chi connectivity index (χ0) is 15.2. The van der Waals surface area contributed by atoms with Crippen molar-refractivity contribution < 1.29 is 0 Å². The molecule has 1 aromatic carbocycles. The second-order valence-electron chi connectivity index (χ2n) is 5.18. The molecule has 2 aromatic rings. The predicted molar refractivity (Wildman–Crippen MR) is 96.1 cm³/mol. The Labute approximate surface area is 136 Å². The van der Waals surface area contributed by atoms with Crippen LogP contribution in [0.2, 0.25) is 0 Å². The van der Waals surface area contributed by atoms with Crippen molar-refractivity contribution in [3.63, 3.8) is 0 Å². The molecule has 0 radical (unpaired) electrons. The van der Waals surface area contributed by atoms with Crippen LogP contribution in [0.15, 0.2) is 35.0 Å². The van der Waals surface area contributed by atoms with E-state index >= 15 is 0 Å². The minimum atomic E-state index is 0.688. The number of aryl methyl sites for hydroxylation is 1. The number of hydrogen-bond donors (Lipinski definition) is 2. The van der Waals surface area contributed by atoms with E-state index in [0.717, 1.165) is 13.1 Å². The van der Waals surface area contributed by atoms with Gasteiger partial charge in [-0.15, -0.1) is 0 Å². The van der Waals surface area contributed by atoms with Gasteiger partial charge in [0, 0.05) is 32.9 Å². The lowest BCUT2D eigenvalue weighted by Crippen LogP contribution is -2.34. The third-order valence-electron chi connectivity index (χ3n) is 3.24. The van der Waals surface area contributed by atoms with Gasteiger partial charge in [0.15, 0.2) is 5.11 Å². The van der Waals surface area contributed by atoms with Crippen molar-refractivity contribution in [3.8, 4) is 0 Å². The molecule has 0 saturated heterocycles. The Bertz CT molecular complexity index is 592. The highest BCUT2D eigenvalue weighted by Crippen LogP contribution is 2.19. The number of rotatable bonds is 5. The van der Waals surface area contributed by atoms with Crippen molar-refractivity contribution in [3.05, 3.63) is 51.7 Å². The third kappa shape index (κ3) is 4.72. The molecule has 21 heavy (non-hydrogen) atoms. The summed E-state index contributed by atoms with van der Waals surface area (Å²) < 4.78 is 0. The molecule has 0 unspecified atom stereocenters. The van der Waals surface area contributed by atoms with E-state index in [1.165, 1.54) is 22.4 Å². The van der Waals surface area contributed by atoms with Crippen LogP contribution in [0.25, 0.3) is 0 Å². The molecule has 0 aliphatic carbocycles. The Balaban J connectivity index is 1.85. The minimum Gasteiger partial charge on any atom is -0.377 e. The van der Waals surface area contributed by atoms with Gasteiger partial charge < -0.3 is 15.5 Å². The van der Waals surface area contributed by atoms with E-state index in [2.05, 4.69) is 71.6 Å². The Hall–Kier alpha value is -1.59. The SMILES string of the molecule is Cc1ccc(CNC(=S)NCc2ccsc2)cc1N(C)C. The quantitative estimate of drug-likeness (QED) is 0.827. The van der Waals surface area contributed by atoms with Crippen LogP contribution in [-0.4, -0.2) is 19.2 Å². The zero-order valence-electron chi connectivity index (χ0n) is 12.6. The molecule has 0 aliphatic heterocycles. The summed E-state index contributed by atoms with van der Waals surface area (Å²) in [6, 6.07) is 8.58. The normalized spacial score (nSPS) is 10.2. The van der Waals surface area contributed by atoms with Gasteiger partial charge in [0.1, 0.15) is 0 Å². The Kier molecular flexibility index (Phi) is 5.59. The maximum absolute atomic E-state index is 5.31. The largest absolute Gasteiger partial charge is 0.377 e. The number of hydrogen-bond acceptors (Lipinski definition) is 3. The monoisotopic (exact) mass is 319 g/mol. The first-order valence-electron chi connectivity index (χ1n) is 6.86. The first-order chi connectivity index (χ1) is 10.1. The molecule has 5 heteroatoms. The minimum absolute atomic E-state index is 0.688. The topological polar surface area (TPSA) is 27.3 Å². The summed E-state index contributed by atoms with van der Waals surface area (Å²) in [5, 5.41) is 11.4. The summed E-state index contributed by atoms with van der Waals surface area (Å²) in [5.41, 5.74) is 5.01. The van der Waals surface area contributed by atoms with Crippen LogP contribution in [0.5, 0.6) is 0 Å². The summed E-state index contributed by atoms with van der Waals surface area (Å²) in [4.78, 5) is 2.13. The second kappa shape index (κ2) is 7.43. The number of nitrogens with zero attached hydrogens (tertiary/aromatic N) is 1. The molecule has 0 amide bonds. The first-order valence-corrected chi connectivity index (χ1v) is 8.21. The summed E-state index contributed by atoms with van der Waals surface area (Å²) in [6.45, 7) is 3.63. The Morgan fingerprint density at radius 3 is 2.48 bits per heavy atom. The van der Waals surface area contributed by atoms with Gasteiger partial charge in [-0.05, 0) is 58.7 Å². The molecule has 2 rings (SSSR count). The van der Waals surface area contributed by atoms with E-state index in [1.807, 2.05) is 0 Å². The summed E-state index contributed by atoms with van der Waals surface area (Å²) in [5.74, 6) is 0. The fraction of sp³-hybridized carbons (Fsp3) is 0.312. The average Bonchev–Trinajstić information content (AvgIpc) is 2.97. The van der Waals surface area contributed by atoms with Gasteiger partial charge in [-0.2, -0.15) is 11.3 Å². The number of anilines is 1. The molecular formula is C16H21N3S2. The highest BCUT2D eigenvalue weighted by Gasteiger charge is 2.03. The van der Waals surface area contributed by atoms with E-state index < -0.39 is 0 Å². The van der Waals surface area contributed by atoms with Crippen molar-refractivity contribution in [1.29, 1.82) is 0 Å². The van der Waals surface area contributed by atoms with Crippen LogP contribution in [-0.2, 0) is 13.1 Å². The number of benzene rings is 1. The van der Waals surface area contributed by atoms with Crippen LogP contribution < -0.4 is 15.5 Å². The maximum Gasteiger partial charge on any atom is 0.166 e. The van der Waals surface area contributed by atoms with Crippen molar-refractivity contribution >= 4 is 34.4 Å². The zero-order valence-corrected chi connectivity index (χ0v) is 14.3. The molecule has 1 heterocycles. The van der Waals surface area contributed by atoms with Crippen molar-refractivity contribution in [2.24, 2.45) is 0 Å². The van der Waals surface area contributed by atoms with Gasteiger partial charge in [-0.25, -0.2) is 0 Å². The van der Waals surface area contributed by atoms with Gasteiger partial charge in [-0.3, -0.25) is 0 Å².